The Morgan fingerprint density at radius 1 is 1.21 bits per heavy atom. The molecule has 8 heteroatoms. The Balaban J connectivity index is 1.83. The van der Waals surface area contributed by atoms with Crippen LogP contribution in [0.25, 0.3) is 0 Å². The maximum absolute atomic E-state index is 14.0. The Morgan fingerprint density at radius 2 is 1.94 bits per heavy atom. The van der Waals surface area contributed by atoms with Crippen LogP contribution in [0.2, 0.25) is 0 Å². The van der Waals surface area contributed by atoms with Crippen LogP contribution < -0.4 is 20.3 Å². The van der Waals surface area contributed by atoms with Crippen LogP contribution in [0.5, 0.6) is 5.75 Å². The smallest absolute Gasteiger partial charge is 0.338 e. The molecule has 33 heavy (non-hydrogen) atoms. The van der Waals surface area contributed by atoms with Crippen molar-refractivity contribution in [2.24, 2.45) is 5.73 Å². The number of rotatable bonds is 3. The van der Waals surface area contributed by atoms with E-state index in [0.29, 0.717) is 28.4 Å². The number of carbonyl (C=O) groups excluding carboxylic acids is 2. The highest BCUT2D eigenvalue weighted by Crippen LogP contribution is 2.56. The molecule has 0 fully saturated rings. The summed E-state index contributed by atoms with van der Waals surface area (Å²) in [5, 5.41) is 10.3. The first-order chi connectivity index (χ1) is 16.0. The number of ether oxygens (including phenoxy) is 2. The van der Waals surface area contributed by atoms with Crippen molar-refractivity contribution in [2.45, 2.75) is 5.41 Å². The van der Waals surface area contributed by atoms with Gasteiger partial charge in [-0.15, -0.1) is 6.42 Å². The van der Waals surface area contributed by atoms with E-state index in [0.717, 1.165) is 0 Å². The second kappa shape index (κ2) is 7.18. The molecular weight excluding hydrogens is 420 g/mol. The number of esters is 1. The molecule has 2 aromatic rings. The molecule has 0 bridgehead atoms. The van der Waals surface area contributed by atoms with E-state index in [2.05, 4.69) is 12.0 Å². The fourth-order valence-electron chi connectivity index (χ4n) is 4.87. The van der Waals surface area contributed by atoms with Crippen molar-refractivity contribution in [3.8, 4) is 24.2 Å². The number of para-hydroxylation sites is 1. The van der Waals surface area contributed by atoms with Gasteiger partial charge in [0, 0.05) is 16.9 Å². The number of cyclic esters (lactones) is 1. The predicted octanol–water partition coefficient (Wildman–Crippen LogP) is 1.94. The molecule has 8 nitrogen and oxygen atoms in total. The lowest BCUT2D eigenvalue weighted by molar-refractivity contribution is -0.137. The zero-order chi connectivity index (χ0) is 23.3. The summed E-state index contributed by atoms with van der Waals surface area (Å²) in [6.07, 6.45) is 5.53. The molecule has 2 N–H and O–H groups in total. The van der Waals surface area contributed by atoms with Crippen molar-refractivity contribution in [1.82, 2.24) is 0 Å². The van der Waals surface area contributed by atoms with Gasteiger partial charge in [0.05, 0.1) is 30.5 Å². The van der Waals surface area contributed by atoms with Crippen LogP contribution >= 0.6 is 0 Å². The van der Waals surface area contributed by atoms with Crippen molar-refractivity contribution in [1.29, 1.82) is 5.26 Å². The molecule has 0 saturated carbocycles. The number of hydrogen-bond acceptors (Lipinski definition) is 7. The van der Waals surface area contributed by atoms with Crippen LogP contribution in [-0.4, -0.2) is 32.1 Å². The molecule has 0 unspecified atom stereocenters. The lowest BCUT2D eigenvalue weighted by Crippen LogP contribution is -2.50. The second-order valence-corrected chi connectivity index (χ2v) is 7.67. The normalized spacial score (nSPS) is 21.1. The number of nitriles is 1. The summed E-state index contributed by atoms with van der Waals surface area (Å²) in [5.74, 6) is 1.99. The highest BCUT2D eigenvalue weighted by Gasteiger charge is 2.63. The molecule has 0 saturated heterocycles. The van der Waals surface area contributed by atoms with E-state index >= 15 is 0 Å². The van der Waals surface area contributed by atoms with Gasteiger partial charge in [-0.05, 0) is 30.3 Å². The molecule has 3 heterocycles. The van der Waals surface area contributed by atoms with Gasteiger partial charge < -0.3 is 15.2 Å². The largest absolute Gasteiger partial charge is 0.497 e. The number of amides is 1. The SMILES string of the molecule is C#CCN1C(=O)[C@@]2(C(C#N)=C(N)N(c3ccc(OC)cc3)C3=C2C(=O)OC3)c2ccccc21. The molecular formula is C25H18N4O4. The molecule has 162 valence electrons. The molecule has 2 aromatic carbocycles. The van der Waals surface area contributed by atoms with Crippen LogP contribution in [-0.2, 0) is 19.7 Å². The predicted molar refractivity (Wildman–Crippen MR) is 120 cm³/mol. The Bertz CT molecular complexity index is 1360. The molecule has 5 rings (SSSR count). The number of hydrogen-bond donors (Lipinski definition) is 1. The second-order valence-electron chi connectivity index (χ2n) is 7.67. The zero-order valence-electron chi connectivity index (χ0n) is 17.7. The topological polar surface area (TPSA) is 109 Å². The molecule has 0 aliphatic carbocycles. The number of benzene rings is 2. The van der Waals surface area contributed by atoms with Gasteiger partial charge in [-0.25, -0.2) is 4.79 Å². The van der Waals surface area contributed by atoms with Crippen molar-refractivity contribution in [3.63, 3.8) is 0 Å². The third kappa shape index (κ3) is 2.46. The number of terminal acetylenes is 1. The quantitative estimate of drug-likeness (QED) is 0.576. The van der Waals surface area contributed by atoms with Crippen molar-refractivity contribution in [3.05, 3.63) is 76.8 Å². The minimum atomic E-state index is -1.72. The lowest BCUT2D eigenvalue weighted by Gasteiger charge is -2.38. The van der Waals surface area contributed by atoms with E-state index in [4.69, 9.17) is 21.6 Å². The first kappa shape index (κ1) is 20.2. The number of nitrogens with zero attached hydrogens (tertiary/aromatic N) is 3. The van der Waals surface area contributed by atoms with Crippen LogP contribution in [0.15, 0.2) is 71.2 Å². The van der Waals surface area contributed by atoms with Crippen molar-refractivity contribution >= 4 is 23.3 Å². The van der Waals surface area contributed by atoms with Gasteiger partial charge in [0.1, 0.15) is 29.7 Å². The molecule has 0 aromatic heterocycles. The Labute approximate surface area is 190 Å². The Kier molecular flexibility index (Phi) is 4.40. The molecule has 1 amide bonds. The van der Waals surface area contributed by atoms with Gasteiger partial charge in [-0.2, -0.15) is 5.26 Å². The minimum absolute atomic E-state index is 0.0178. The highest BCUT2D eigenvalue weighted by molar-refractivity contribution is 6.20. The zero-order valence-corrected chi connectivity index (χ0v) is 17.7. The fourth-order valence-corrected chi connectivity index (χ4v) is 4.87. The van der Waals surface area contributed by atoms with Gasteiger partial charge in [0.15, 0.2) is 0 Å². The summed E-state index contributed by atoms with van der Waals surface area (Å²) in [5.41, 5.74) is 6.90. The number of methoxy groups -OCH3 is 1. The number of carbonyl (C=O) groups is 2. The monoisotopic (exact) mass is 438 g/mol. The molecule has 3 aliphatic rings. The standard InChI is InChI=1S/C25H18N4O4/c1-3-12-28-19-7-5-4-6-17(19)25(24(28)31)18(13-26)22(27)29(20-14-33-23(30)21(20)25)15-8-10-16(32-2)11-9-15/h1,4-11H,12,14,27H2,2H3/t25-/m1/s1. The van der Waals surface area contributed by atoms with Gasteiger partial charge in [-0.1, -0.05) is 24.1 Å². The van der Waals surface area contributed by atoms with E-state index in [1.165, 1.54) is 4.90 Å². The summed E-state index contributed by atoms with van der Waals surface area (Å²) >= 11 is 0. The highest BCUT2D eigenvalue weighted by atomic mass is 16.5. The number of anilines is 2. The first-order valence-corrected chi connectivity index (χ1v) is 10.1. The van der Waals surface area contributed by atoms with Crippen molar-refractivity contribution in [2.75, 3.05) is 30.1 Å². The van der Waals surface area contributed by atoms with Gasteiger partial charge >= 0.3 is 5.97 Å². The average Bonchev–Trinajstić information content (AvgIpc) is 3.32. The maximum atomic E-state index is 14.0. The van der Waals surface area contributed by atoms with E-state index in [-0.39, 0.29) is 30.1 Å². The minimum Gasteiger partial charge on any atom is -0.497 e. The van der Waals surface area contributed by atoms with E-state index in [1.54, 1.807) is 60.5 Å². The third-order valence-electron chi connectivity index (χ3n) is 6.21. The summed E-state index contributed by atoms with van der Waals surface area (Å²) in [6, 6.07) is 16.1. The van der Waals surface area contributed by atoms with E-state index in [9.17, 15) is 14.9 Å². The van der Waals surface area contributed by atoms with Crippen LogP contribution in [0.1, 0.15) is 5.56 Å². The molecule has 3 aliphatic heterocycles. The number of nitrogens with two attached hydrogens (primary N) is 1. The lowest BCUT2D eigenvalue weighted by atomic mass is 9.67. The van der Waals surface area contributed by atoms with Crippen molar-refractivity contribution < 1.29 is 19.1 Å². The fraction of sp³-hybridized carbons (Fsp3) is 0.160. The Hall–Kier alpha value is -4.69. The summed E-state index contributed by atoms with van der Waals surface area (Å²) in [6.45, 7) is -0.109. The van der Waals surface area contributed by atoms with Crippen LogP contribution in [0.3, 0.4) is 0 Å². The summed E-state index contributed by atoms with van der Waals surface area (Å²) in [4.78, 5) is 30.1. The summed E-state index contributed by atoms with van der Waals surface area (Å²) < 4.78 is 10.6. The molecule has 1 spiro atoms. The first-order valence-electron chi connectivity index (χ1n) is 10.1. The van der Waals surface area contributed by atoms with Gasteiger partial charge in [0.25, 0.3) is 0 Å². The van der Waals surface area contributed by atoms with E-state index < -0.39 is 17.3 Å². The van der Waals surface area contributed by atoms with Gasteiger partial charge in [0.2, 0.25) is 5.91 Å². The molecule has 1 atom stereocenters. The van der Waals surface area contributed by atoms with Crippen LogP contribution in [0, 0.1) is 23.7 Å². The average molecular weight is 438 g/mol. The molecule has 0 radical (unpaired) electrons. The maximum Gasteiger partial charge on any atom is 0.338 e. The van der Waals surface area contributed by atoms with Crippen LogP contribution in [0.4, 0.5) is 11.4 Å². The van der Waals surface area contributed by atoms with E-state index in [1.807, 2.05) is 0 Å². The van der Waals surface area contributed by atoms with Gasteiger partial charge in [-0.3, -0.25) is 14.6 Å². The summed E-state index contributed by atoms with van der Waals surface area (Å²) in [7, 11) is 1.55. The Morgan fingerprint density at radius 3 is 2.61 bits per heavy atom. The third-order valence-corrected chi connectivity index (χ3v) is 6.21. The number of fused-ring (bicyclic) bond motifs is 3.